The summed E-state index contributed by atoms with van der Waals surface area (Å²) in [5.74, 6) is 0.573. The second-order valence-electron chi connectivity index (χ2n) is 3.67. The number of allylic oxidation sites excluding steroid dienone is 1. The molecule has 0 N–H and O–H groups in total. The van der Waals surface area contributed by atoms with Crippen LogP contribution in [0, 0.1) is 0 Å². The molecule has 0 bridgehead atoms. The third-order valence-electron chi connectivity index (χ3n) is 2.45. The molecule has 0 aliphatic carbocycles. The van der Waals surface area contributed by atoms with Crippen LogP contribution in [0.15, 0.2) is 39.5 Å². The van der Waals surface area contributed by atoms with E-state index in [0.717, 1.165) is 6.07 Å². The van der Waals surface area contributed by atoms with Crippen LogP contribution in [0.5, 0.6) is 0 Å². The first-order chi connectivity index (χ1) is 8.41. The van der Waals surface area contributed by atoms with E-state index in [1.165, 1.54) is 12.1 Å². The molecule has 0 aromatic heterocycles. The number of hydrogen-bond donors (Lipinski definition) is 0. The average Bonchev–Trinajstić information content (AvgIpc) is 2.76. The van der Waals surface area contributed by atoms with Crippen molar-refractivity contribution in [3.05, 3.63) is 45.6 Å². The molecule has 0 spiro atoms. The number of alkyl halides is 3. The zero-order valence-corrected chi connectivity index (χ0v) is 11.0. The van der Waals surface area contributed by atoms with Crippen LogP contribution >= 0.6 is 15.9 Å². The average molecular weight is 320 g/mol. The molecule has 0 radical (unpaired) electrons. The summed E-state index contributed by atoms with van der Waals surface area (Å²) < 4.78 is 44.4. The van der Waals surface area contributed by atoms with E-state index in [0.29, 0.717) is 10.2 Å². The number of hydrogen-bond acceptors (Lipinski definition) is 2. The van der Waals surface area contributed by atoms with E-state index < -0.39 is 11.7 Å². The first kappa shape index (κ1) is 13.1. The van der Waals surface area contributed by atoms with Gasteiger partial charge in [0.15, 0.2) is 0 Å². The first-order valence-electron chi connectivity index (χ1n) is 5.16. The van der Waals surface area contributed by atoms with Crippen LogP contribution in [0.2, 0.25) is 0 Å². The lowest BCUT2D eigenvalue weighted by molar-refractivity contribution is -0.137. The van der Waals surface area contributed by atoms with E-state index >= 15 is 0 Å². The summed E-state index contributed by atoms with van der Waals surface area (Å²) in [5, 5.41) is 0. The smallest absolute Gasteiger partial charge is 0.417 e. The Kier molecular flexibility index (Phi) is 3.47. The number of nitrogens with zero attached hydrogens (tertiary/aromatic N) is 1. The maximum Gasteiger partial charge on any atom is 0.417 e. The van der Waals surface area contributed by atoms with Crippen molar-refractivity contribution >= 4 is 21.8 Å². The van der Waals surface area contributed by atoms with Gasteiger partial charge < -0.3 is 4.74 Å². The fraction of sp³-hybridized carbons (Fsp3) is 0.250. The lowest BCUT2D eigenvalue weighted by Crippen LogP contribution is -2.13. The van der Waals surface area contributed by atoms with Crippen LogP contribution in [-0.4, -0.2) is 12.4 Å². The molecule has 0 fully saturated rings. The van der Waals surface area contributed by atoms with Crippen LogP contribution in [0.3, 0.4) is 0 Å². The molecular weight excluding hydrogens is 311 g/mol. The molecule has 6 heteroatoms. The largest absolute Gasteiger partial charge is 0.441 e. The Morgan fingerprint density at radius 3 is 2.67 bits per heavy atom. The van der Waals surface area contributed by atoms with Gasteiger partial charge >= 0.3 is 6.18 Å². The highest BCUT2D eigenvalue weighted by Crippen LogP contribution is 2.35. The van der Waals surface area contributed by atoms with Crippen LogP contribution in [-0.2, 0) is 10.9 Å². The summed E-state index contributed by atoms with van der Waals surface area (Å²) in [6.45, 7) is 2.03. The lowest BCUT2D eigenvalue weighted by atomic mass is 10.1. The van der Waals surface area contributed by atoms with Crippen LogP contribution in [0.1, 0.15) is 18.1 Å². The molecule has 1 heterocycles. The second-order valence-corrected chi connectivity index (χ2v) is 4.58. The minimum absolute atomic E-state index is 0.0166. The fourth-order valence-corrected chi connectivity index (χ4v) is 1.93. The normalized spacial score (nSPS) is 17.8. The standard InChI is InChI=1S/C12H9BrF3NO/c1-2-8-6-17-11(18-8)9-4-3-7(13)5-10(9)12(14,15)16/h2-5H,6H2,1H3/b8-2+. The van der Waals surface area contributed by atoms with E-state index in [9.17, 15) is 13.2 Å². The van der Waals surface area contributed by atoms with Gasteiger partial charge in [0.05, 0.1) is 5.56 Å². The Hall–Kier alpha value is -1.30. The molecule has 96 valence electrons. The highest BCUT2D eigenvalue weighted by atomic mass is 79.9. The minimum Gasteiger partial charge on any atom is -0.441 e. The van der Waals surface area contributed by atoms with Crippen molar-refractivity contribution in [1.29, 1.82) is 0 Å². The van der Waals surface area contributed by atoms with Crippen molar-refractivity contribution in [3.63, 3.8) is 0 Å². The van der Waals surface area contributed by atoms with Crippen molar-refractivity contribution in [2.75, 3.05) is 6.54 Å². The van der Waals surface area contributed by atoms with Crippen LogP contribution in [0.4, 0.5) is 13.2 Å². The van der Waals surface area contributed by atoms with Crippen LogP contribution < -0.4 is 0 Å². The Morgan fingerprint density at radius 1 is 1.39 bits per heavy atom. The predicted molar refractivity (Wildman–Crippen MR) is 65.4 cm³/mol. The zero-order chi connectivity index (χ0) is 13.3. The molecule has 1 aromatic carbocycles. The van der Waals surface area contributed by atoms with Gasteiger partial charge in [-0.1, -0.05) is 15.9 Å². The van der Waals surface area contributed by atoms with Gasteiger partial charge in [0.2, 0.25) is 5.90 Å². The maximum atomic E-state index is 12.9. The molecule has 2 nitrogen and oxygen atoms in total. The van der Waals surface area contributed by atoms with Gasteiger partial charge in [-0.25, -0.2) is 4.99 Å². The highest BCUT2D eigenvalue weighted by Gasteiger charge is 2.36. The first-order valence-corrected chi connectivity index (χ1v) is 5.95. The fourth-order valence-electron chi connectivity index (χ4n) is 1.57. The van der Waals surface area contributed by atoms with Crippen molar-refractivity contribution in [3.8, 4) is 0 Å². The van der Waals surface area contributed by atoms with Crippen molar-refractivity contribution in [2.45, 2.75) is 13.1 Å². The third kappa shape index (κ3) is 2.58. The van der Waals surface area contributed by atoms with E-state index in [4.69, 9.17) is 4.74 Å². The molecule has 0 saturated carbocycles. The monoisotopic (exact) mass is 319 g/mol. The number of rotatable bonds is 1. The van der Waals surface area contributed by atoms with Gasteiger partial charge in [0, 0.05) is 10.0 Å². The van der Waals surface area contributed by atoms with Crippen molar-refractivity contribution in [1.82, 2.24) is 0 Å². The van der Waals surface area contributed by atoms with Gasteiger partial charge in [-0.05, 0) is 31.2 Å². The molecule has 1 aromatic rings. The SMILES string of the molecule is C/C=C1\CN=C(c2ccc(Br)cc2C(F)(F)F)O1. The summed E-state index contributed by atoms with van der Waals surface area (Å²) in [4.78, 5) is 3.97. The van der Waals surface area contributed by atoms with Gasteiger partial charge in [-0.15, -0.1) is 0 Å². The van der Waals surface area contributed by atoms with Crippen molar-refractivity contribution in [2.24, 2.45) is 4.99 Å². The molecule has 0 atom stereocenters. The molecule has 0 unspecified atom stereocenters. The minimum atomic E-state index is -4.44. The Bertz CT molecular complexity index is 535. The molecular formula is C12H9BrF3NO. The Morgan fingerprint density at radius 2 is 2.11 bits per heavy atom. The van der Waals surface area contributed by atoms with Gasteiger partial charge in [-0.3, -0.25) is 0 Å². The lowest BCUT2D eigenvalue weighted by Gasteiger charge is -2.13. The summed E-state index contributed by atoms with van der Waals surface area (Å²) in [6, 6.07) is 3.91. The predicted octanol–water partition coefficient (Wildman–Crippen LogP) is 4.15. The Labute approximate surface area is 110 Å². The van der Waals surface area contributed by atoms with E-state index in [1.807, 2.05) is 0 Å². The molecule has 1 aliphatic heterocycles. The quantitative estimate of drug-likeness (QED) is 0.762. The Balaban J connectivity index is 2.46. The molecule has 0 saturated heterocycles. The third-order valence-corrected chi connectivity index (χ3v) is 2.94. The topological polar surface area (TPSA) is 21.6 Å². The number of benzene rings is 1. The highest BCUT2D eigenvalue weighted by molar-refractivity contribution is 9.10. The van der Waals surface area contributed by atoms with E-state index in [-0.39, 0.29) is 18.0 Å². The number of halogens is 4. The van der Waals surface area contributed by atoms with Crippen molar-refractivity contribution < 1.29 is 17.9 Å². The van der Waals surface area contributed by atoms with Gasteiger partial charge in [-0.2, -0.15) is 13.2 Å². The maximum absolute atomic E-state index is 12.9. The molecule has 1 aliphatic rings. The summed E-state index contributed by atoms with van der Waals surface area (Å²) in [5.41, 5.74) is -0.796. The number of ether oxygens (including phenoxy) is 1. The number of aliphatic imine (C=N–C) groups is 1. The summed E-state index contributed by atoms with van der Waals surface area (Å²) >= 11 is 3.03. The molecule has 18 heavy (non-hydrogen) atoms. The second kappa shape index (κ2) is 4.76. The summed E-state index contributed by atoms with van der Waals surface area (Å²) in [7, 11) is 0. The summed E-state index contributed by atoms with van der Waals surface area (Å²) in [6.07, 6.45) is -2.76. The molecule has 0 amide bonds. The van der Waals surface area contributed by atoms with Gasteiger partial charge in [0.25, 0.3) is 0 Å². The molecule has 2 rings (SSSR count). The van der Waals surface area contributed by atoms with E-state index in [2.05, 4.69) is 20.9 Å². The zero-order valence-electron chi connectivity index (χ0n) is 9.38. The van der Waals surface area contributed by atoms with Gasteiger partial charge in [0.1, 0.15) is 12.3 Å². The van der Waals surface area contributed by atoms with E-state index in [1.54, 1.807) is 13.0 Å². The van der Waals surface area contributed by atoms with Crippen LogP contribution in [0.25, 0.3) is 0 Å².